The molecule has 0 saturated carbocycles. The third-order valence-electron chi connectivity index (χ3n) is 5.41. The van der Waals surface area contributed by atoms with Crippen molar-refractivity contribution in [3.8, 4) is 17.0 Å². The van der Waals surface area contributed by atoms with Crippen LogP contribution in [0.4, 0.5) is 0 Å². The highest BCUT2D eigenvalue weighted by Gasteiger charge is 2.19. The number of hydrogen-bond donors (Lipinski definition) is 0. The lowest BCUT2D eigenvalue weighted by atomic mass is 10.00. The second kappa shape index (κ2) is 8.17. The standard InChI is InChI=1S/C27H19BrN2O2/c1-16-13-17(2)25-21(14-16)22(15-23(30-25)18-8-10-20(28)11-9-18)27(31)32-24-7-3-5-19-6-4-12-29-26(19)24/h3-15H,1-2H3. The molecule has 0 spiro atoms. The van der Waals surface area contributed by atoms with Gasteiger partial charge in [0.2, 0.25) is 0 Å². The van der Waals surface area contributed by atoms with E-state index in [1.807, 2.05) is 74.5 Å². The van der Waals surface area contributed by atoms with Crippen molar-refractivity contribution in [3.63, 3.8) is 0 Å². The average Bonchev–Trinajstić information content (AvgIpc) is 2.79. The summed E-state index contributed by atoms with van der Waals surface area (Å²) in [5, 5.41) is 1.70. The molecule has 5 rings (SSSR count). The molecule has 0 aliphatic heterocycles. The molecule has 0 radical (unpaired) electrons. The Labute approximate surface area is 194 Å². The van der Waals surface area contributed by atoms with Gasteiger partial charge in [-0.2, -0.15) is 0 Å². The summed E-state index contributed by atoms with van der Waals surface area (Å²) in [5.41, 5.74) is 5.65. The van der Waals surface area contributed by atoms with Crippen molar-refractivity contribution in [2.24, 2.45) is 0 Å². The molecule has 32 heavy (non-hydrogen) atoms. The maximum absolute atomic E-state index is 13.4. The van der Waals surface area contributed by atoms with Gasteiger partial charge < -0.3 is 4.74 Å². The molecule has 5 aromatic rings. The van der Waals surface area contributed by atoms with Gasteiger partial charge in [0, 0.05) is 27.0 Å². The Morgan fingerprint density at radius 2 is 1.69 bits per heavy atom. The van der Waals surface area contributed by atoms with E-state index in [1.165, 1.54) is 0 Å². The Morgan fingerprint density at radius 1 is 0.906 bits per heavy atom. The summed E-state index contributed by atoms with van der Waals surface area (Å²) in [7, 11) is 0. The van der Waals surface area contributed by atoms with Crippen LogP contribution in [0.1, 0.15) is 21.5 Å². The van der Waals surface area contributed by atoms with Crippen LogP contribution in [-0.4, -0.2) is 15.9 Å². The molecule has 0 saturated heterocycles. The molecule has 156 valence electrons. The highest BCUT2D eigenvalue weighted by atomic mass is 79.9. The third-order valence-corrected chi connectivity index (χ3v) is 5.94. The van der Waals surface area contributed by atoms with Crippen molar-refractivity contribution in [2.75, 3.05) is 0 Å². The number of aryl methyl sites for hydroxylation is 2. The summed E-state index contributed by atoms with van der Waals surface area (Å²) in [4.78, 5) is 22.7. The van der Waals surface area contributed by atoms with Crippen molar-refractivity contribution in [2.45, 2.75) is 13.8 Å². The average molecular weight is 483 g/mol. The summed E-state index contributed by atoms with van der Waals surface area (Å²) in [6, 6.07) is 23.1. The molecule has 3 aromatic carbocycles. The number of halogens is 1. The Kier molecular flexibility index (Phi) is 5.19. The number of aromatic nitrogens is 2. The molecule has 2 heterocycles. The van der Waals surface area contributed by atoms with E-state index in [0.717, 1.165) is 43.1 Å². The van der Waals surface area contributed by atoms with Crippen LogP contribution >= 0.6 is 15.9 Å². The van der Waals surface area contributed by atoms with Gasteiger partial charge in [0.15, 0.2) is 5.75 Å². The molecule has 5 heteroatoms. The van der Waals surface area contributed by atoms with Crippen molar-refractivity contribution >= 4 is 43.7 Å². The zero-order valence-electron chi connectivity index (χ0n) is 17.6. The number of nitrogens with zero attached hydrogens (tertiary/aromatic N) is 2. The summed E-state index contributed by atoms with van der Waals surface area (Å²) < 4.78 is 6.86. The molecular weight excluding hydrogens is 464 g/mol. The highest BCUT2D eigenvalue weighted by Crippen LogP contribution is 2.30. The number of ether oxygens (including phenoxy) is 1. The maximum Gasteiger partial charge on any atom is 0.344 e. The quantitative estimate of drug-likeness (QED) is 0.204. The van der Waals surface area contributed by atoms with Crippen LogP contribution in [0.25, 0.3) is 33.1 Å². The first kappa shape index (κ1) is 20.3. The van der Waals surface area contributed by atoms with Crippen molar-refractivity contribution in [3.05, 3.63) is 100 Å². The van der Waals surface area contributed by atoms with Crippen LogP contribution in [0.5, 0.6) is 5.75 Å². The minimum absolute atomic E-state index is 0.432. The molecule has 2 aromatic heterocycles. The van der Waals surface area contributed by atoms with Gasteiger partial charge >= 0.3 is 5.97 Å². The molecule has 0 unspecified atom stereocenters. The van der Waals surface area contributed by atoms with Gasteiger partial charge in [-0.25, -0.2) is 9.78 Å². The van der Waals surface area contributed by atoms with Gasteiger partial charge in [0.25, 0.3) is 0 Å². The zero-order chi connectivity index (χ0) is 22.2. The monoisotopic (exact) mass is 482 g/mol. The van der Waals surface area contributed by atoms with Crippen molar-refractivity contribution < 1.29 is 9.53 Å². The van der Waals surface area contributed by atoms with Gasteiger partial charge in [-0.05, 0) is 55.8 Å². The zero-order valence-corrected chi connectivity index (χ0v) is 19.2. The first-order valence-electron chi connectivity index (χ1n) is 10.2. The van der Waals surface area contributed by atoms with Gasteiger partial charge in [-0.1, -0.05) is 57.9 Å². The molecule has 0 amide bonds. The number of carbonyl (C=O) groups excluding carboxylic acids is 1. The molecule has 4 nitrogen and oxygen atoms in total. The van der Waals surface area contributed by atoms with Crippen LogP contribution in [0.2, 0.25) is 0 Å². The molecular formula is C27H19BrN2O2. The molecule has 0 bridgehead atoms. The minimum atomic E-state index is -0.432. The number of pyridine rings is 2. The summed E-state index contributed by atoms with van der Waals surface area (Å²) in [5.74, 6) is 0.00606. The fourth-order valence-corrected chi connectivity index (χ4v) is 4.20. The van der Waals surface area contributed by atoms with E-state index in [2.05, 4.69) is 27.0 Å². The van der Waals surface area contributed by atoms with Crippen molar-refractivity contribution in [1.82, 2.24) is 9.97 Å². The lowest BCUT2D eigenvalue weighted by Crippen LogP contribution is -2.11. The van der Waals surface area contributed by atoms with Gasteiger partial charge in [0.05, 0.1) is 16.8 Å². The lowest BCUT2D eigenvalue weighted by Gasteiger charge is -2.13. The van der Waals surface area contributed by atoms with E-state index in [9.17, 15) is 4.79 Å². The molecule has 0 atom stereocenters. The second-order valence-corrected chi connectivity index (χ2v) is 8.68. The Morgan fingerprint density at radius 3 is 2.50 bits per heavy atom. The Bertz CT molecular complexity index is 1490. The maximum atomic E-state index is 13.4. The number of hydrogen-bond acceptors (Lipinski definition) is 4. The summed E-state index contributed by atoms with van der Waals surface area (Å²) in [6.07, 6.45) is 1.69. The molecule has 0 fully saturated rings. The van der Waals surface area contributed by atoms with E-state index in [1.54, 1.807) is 12.3 Å². The van der Waals surface area contributed by atoms with E-state index >= 15 is 0 Å². The Hall–Kier alpha value is -3.57. The lowest BCUT2D eigenvalue weighted by molar-refractivity contribution is 0.0739. The van der Waals surface area contributed by atoms with Crippen LogP contribution in [0, 0.1) is 13.8 Å². The van der Waals surface area contributed by atoms with Gasteiger partial charge in [-0.3, -0.25) is 4.98 Å². The summed E-state index contributed by atoms with van der Waals surface area (Å²) >= 11 is 3.47. The van der Waals surface area contributed by atoms with Crippen molar-refractivity contribution in [1.29, 1.82) is 0 Å². The van der Waals surface area contributed by atoms with E-state index in [-0.39, 0.29) is 0 Å². The van der Waals surface area contributed by atoms with Crippen LogP contribution in [0.3, 0.4) is 0 Å². The fraction of sp³-hybridized carbons (Fsp3) is 0.0741. The van der Waals surface area contributed by atoms with Gasteiger partial charge in [0.1, 0.15) is 5.52 Å². The first-order valence-corrected chi connectivity index (χ1v) is 11.0. The highest BCUT2D eigenvalue weighted by molar-refractivity contribution is 9.10. The predicted molar refractivity (Wildman–Crippen MR) is 131 cm³/mol. The van der Waals surface area contributed by atoms with E-state index < -0.39 is 5.97 Å². The van der Waals surface area contributed by atoms with Crippen LogP contribution in [-0.2, 0) is 0 Å². The number of benzene rings is 3. The number of esters is 1. The number of rotatable bonds is 3. The molecule has 0 N–H and O–H groups in total. The molecule has 0 aliphatic rings. The number of para-hydroxylation sites is 1. The normalized spacial score (nSPS) is 11.1. The predicted octanol–water partition coefficient (Wildman–Crippen LogP) is 7.05. The largest absolute Gasteiger partial charge is 0.421 e. The molecule has 0 aliphatic carbocycles. The first-order chi connectivity index (χ1) is 15.5. The number of carbonyl (C=O) groups is 1. The van der Waals surface area contributed by atoms with E-state index in [0.29, 0.717) is 16.8 Å². The summed E-state index contributed by atoms with van der Waals surface area (Å²) in [6.45, 7) is 4.02. The fourth-order valence-electron chi connectivity index (χ4n) is 3.93. The van der Waals surface area contributed by atoms with E-state index in [4.69, 9.17) is 9.72 Å². The SMILES string of the molecule is Cc1cc(C)c2nc(-c3ccc(Br)cc3)cc(C(=O)Oc3cccc4cccnc34)c2c1. The smallest absolute Gasteiger partial charge is 0.344 e. The second-order valence-electron chi connectivity index (χ2n) is 7.76. The Balaban J connectivity index is 1.67. The van der Waals surface area contributed by atoms with Gasteiger partial charge in [-0.15, -0.1) is 0 Å². The third kappa shape index (κ3) is 3.76. The number of fused-ring (bicyclic) bond motifs is 2. The van der Waals surface area contributed by atoms with Crippen LogP contribution in [0.15, 0.2) is 83.5 Å². The topological polar surface area (TPSA) is 52.1 Å². The minimum Gasteiger partial charge on any atom is -0.421 e. The van der Waals surface area contributed by atoms with Crippen LogP contribution < -0.4 is 4.74 Å².